The Morgan fingerprint density at radius 2 is 1.97 bits per heavy atom. The van der Waals surface area contributed by atoms with E-state index in [0.717, 1.165) is 36.7 Å². The first kappa shape index (κ1) is 24.4. The van der Waals surface area contributed by atoms with Crippen LogP contribution in [0.4, 0.5) is 4.39 Å². The second kappa shape index (κ2) is 9.49. The molecule has 184 valence electrons. The number of hydrogen-bond donors (Lipinski definition) is 2. The number of imidazole rings is 1. The minimum atomic E-state index is -0.727. The van der Waals surface area contributed by atoms with E-state index in [4.69, 9.17) is 4.98 Å². The Hall–Kier alpha value is -2.74. The van der Waals surface area contributed by atoms with Crippen molar-refractivity contribution in [2.45, 2.75) is 66.1 Å². The summed E-state index contributed by atoms with van der Waals surface area (Å²) in [6.07, 6.45) is 3.41. The third-order valence-electron chi connectivity index (χ3n) is 6.75. The van der Waals surface area contributed by atoms with E-state index in [1.165, 1.54) is 18.9 Å². The molecule has 0 saturated heterocycles. The Labute approximate surface area is 201 Å². The van der Waals surface area contributed by atoms with Gasteiger partial charge in [-0.1, -0.05) is 26.8 Å². The lowest BCUT2D eigenvalue weighted by molar-refractivity contribution is -0.124. The van der Waals surface area contributed by atoms with Crippen molar-refractivity contribution >= 4 is 11.8 Å². The molecule has 1 atom stereocenters. The fourth-order valence-electron chi connectivity index (χ4n) is 4.66. The Morgan fingerprint density at radius 1 is 1.24 bits per heavy atom. The van der Waals surface area contributed by atoms with Crippen LogP contribution in [0.15, 0.2) is 18.2 Å². The van der Waals surface area contributed by atoms with Gasteiger partial charge in [-0.25, -0.2) is 9.37 Å². The number of nitrogens with zero attached hydrogens (tertiary/aromatic N) is 3. The van der Waals surface area contributed by atoms with Gasteiger partial charge in [0.25, 0.3) is 5.91 Å². The number of carbonyl (C=O) groups is 2. The van der Waals surface area contributed by atoms with Crippen LogP contribution >= 0.6 is 0 Å². The molecule has 2 aliphatic rings. The molecule has 1 aromatic carbocycles. The average Bonchev–Trinajstić information content (AvgIpc) is 3.55. The number of aryl methyl sites for hydroxylation is 1. The molecule has 1 fully saturated rings. The molecular weight excluding hydrogens is 433 g/mol. The minimum absolute atomic E-state index is 0.258. The lowest BCUT2D eigenvalue weighted by Crippen LogP contribution is -2.53. The van der Waals surface area contributed by atoms with Gasteiger partial charge in [-0.15, -0.1) is 0 Å². The van der Waals surface area contributed by atoms with Crippen LogP contribution in [0.2, 0.25) is 0 Å². The summed E-state index contributed by atoms with van der Waals surface area (Å²) in [6.45, 7) is 10.7. The van der Waals surface area contributed by atoms with E-state index < -0.39 is 17.4 Å². The molecule has 0 radical (unpaired) electrons. The Kier molecular flexibility index (Phi) is 6.80. The number of likely N-dealkylation sites (N-methyl/N-ethyl adjacent to an activating group) is 1. The van der Waals surface area contributed by atoms with Crippen LogP contribution in [0.25, 0.3) is 11.4 Å². The van der Waals surface area contributed by atoms with Crippen LogP contribution in [0.3, 0.4) is 0 Å². The van der Waals surface area contributed by atoms with Gasteiger partial charge in [-0.2, -0.15) is 0 Å². The van der Waals surface area contributed by atoms with Gasteiger partial charge < -0.3 is 15.2 Å². The molecule has 8 heteroatoms. The number of benzene rings is 1. The number of carbonyl (C=O) groups excluding carboxylic acids is 2. The van der Waals surface area contributed by atoms with E-state index in [1.807, 2.05) is 38.3 Å². The molecule has 1 aliphatic heterocycles. The van der Waals surface area contributed by atoms with Gasteiger partial charge in [0, 0.05) is 33.2 Å². The largest absolute Gasteiger partial charge is 0.357 e. The van der Waals surface area contributed by atoms with Crippen molar-refractivity contribution in [3.63, 3.8) is 0 Å². The third-order valence-corrected chi connectivity index (χ3v) is 6.75. The number of rotatable bonds is 6. The maximum atomic E-state index is 15.0. The number of hydrogen-bond acceptors (Lipinski definition) is 4. The second-order valence-corrected chi connectivity index (χ2v) is 10.8. The molecule has 2 N–H and O–H groups in total. The molecule has 7 nitrogen and oxygen atoms in total. The fourth-order valence-corrected chi connectivity index (χ4v) is 4.66. The van der Waals surface area contributed by atoms with Crippen molar-refractivity contribution in [3.8, 4) is 11.4 Å². The highest BCUT2D eigenvalue weighted by molar-refractivity contribution is 5.97. The molecule has 2 amide bonds. The average molecular weight is 470 g/mol. The lowest BCUT2D eigenvalue weighted by Gasteiger charge is -2.29. The van der Waals surface area contributed by atoms with Gasteiger partial charge in [-0.05, 0) is 55.2 Å². The molecule has 0 bridgehead atoms. The summed E-state index contributed by atoms with van der Waals surface area (Å²) in [4.78, 5) is 33.2. The highest BCUT2D eigenvalue weighted by atomic mass is 19.1. The Bertz CT molecular complexity index is 1080. The summed E-state index contributed by atoms with van der Waals surface area (Å²) in [5.41, 5.74) is 1.79. The fraction of sp³-hybridized carbons (Fsp3) is 0.577. The van der Waals surface area contributed by atoms with Crippen molar-refractivity contribution in [3.05, 3.63) is 41.0 Å². The van der Waals surface area contributed by atoms with Crippen molar-refractivity contribution in [1.82, 2.24) is 25.1 Å². The summed E-state index contributed by atoms with van der Waals surface area (Å²) in [6, 6.07) is 4.36. The molecule has 34 heavy (non-hydrogen) atoms. The van der Waals surface area contributed by atoms with Crippen LogP contribution in [0.1, 0.15) is 61.8 Å². The summed E-state index contributed by atoms with van der Waals surface area (Å²) in [7, 11) is 1.56. The van der Waals surface area contributed by atoms with E-state index in [2.05, 4.69) is 15.5 Å². The quantitative estimate of drug-likeness (QED) is 0.679. The summed E-state index contributed by atoms with van der Waals surface area (Å²) < 4.78 is 17.0. The van der Waals surface area contributed by atoms with Crippen molar-refractivity contribution in [2.24, 2.45) is 11.3 Å². The standard InChI is InChI=1S/C26H36FN5O2/c1-16-7-10-18(19(27)13-16)23-29-21(24(33)30-22(25(34)28-5)26(2,3)4)20-15-31(14-17-8-9-17)11-6-12-32(20)23/h7,10,13,17,22H,6,8-9,11-12,14-15H2,1-5H3,(H,28,34)(H,30,33). The van der Waals surface area contributed by atoms with E-state index in [1.54, 1.807) is 13.1 Å². The highest BCUT2D eigenvalue weighted by Gasteiger charge is 2.35. The van der Waals surface area contributed by atoms with Crippen molar-refractivity contribution in [1.29, 1.82) is 0 Å². The second-order valence-electron chi connectivity index (χ2n) is 10.8. The Morgan fingerprint density at radius 3 is 2.59 bits per heavy atom. The zero-order chi connectivity index (χ0) is 24.6. The van der Waals surface area contributed by atoms with Crippen LogP contribution < -0.4 is 10.6 Å². The van der Waals surface area contributed by atoms with Gasteiger partial charge in [0.05, 0.1) is 11.3 Å². The molecule has 1 unspecified atom stereocenters. The number of fused-ring (bicyclic) bond motifs is 1. The summed E-state index contributed by atoms with van der Waals surface area (Å²) in [5.74, 6) is 0.180. The first-order valence-corrected chi connectivity index (χ1v) is 12.2. The van der Waals surface area contributed by atoms with Crippen LogP contribution in [0, 0.1) is 24.1 Å². The number of amides is 2. The van der Waals surface area contributed by atoms with Crippen molar-refractivity contribution in [2.75, 3.05) is 20.1 Å². The lowest BCUT2D eigenvalue weighted by atomic mass is 9.86. The molecule has 1 aliphatic carbocycles. The highest BCUT2D eigenvalue weighted by Crippen LogP contribution is 2.33. The normalized spacial score (nSPS) is 17.6. The zero-order valence-corrected chi connectivity index (χ0v) is 20.9. The maximum Gasteiger partial charge on any atom is 0.272 e. The van der Waals surface area contributed by atoms with Gasteiger partial charge in [-0.3, -0.25) is 14.5 Å². The molecular formula is C26H36FN5O2. The van der Waals surface area contributed by atoms with Gasteiger partial charge in [0.15, 0.2) is 5.69 Å². The van der Waals surface area contributed by atoms with Crippen molar-refractivity contribution < 1.29 is 14.0 Å². The first-order chi connectivity index (χ1) is 16.1. The molecule has 2 heterocycles. The number of nitrogens with one attached hydrogen (secondary N) is 2. The third kappa shape index (κ3) is 5.17. The van der Waals surface area contributed by atoms with E-state index in [0.29, 0.717) is 24.5 Å². The Balaban J connectivity index is 1.75. The smallest absolute Gasteiger partial charge is 0.272 e. The monoisotopic (exact) mass is 469 g/mol. The molecule has 4 rings (SSSR count). The van der Waals surface area contributed by atoms with E-state index >= 15 is 0 Å². The summed E-state index contributed by atoms with van der Waals surface area (Å²) in [5, 5.41) is 5.55. The van der Waals surface area contributed by atoms with Crippen LogP contribution in [-0.2, 0) is 17.9 Å². The predicted molar refractivity (Wildman–Crippen MR) is 130 cm³/mol. The molecule has 1 saturated carbocycles. The van der Waals surface area contributed by atoms with Gasteiger partial charge >= 0.3 is 0 Å². The number of aromatic nitrogens is 2. The van der Waals surface area contributed by atoms with E-state index in [-0.39, 0.29) is 17.4 Å². The van der Waals surface area contributed by atoms with Crippen LogP contribution in [-0.4, -0.2) is 52.4 Å². The summed E-state index contributed by atoms with van der Waals surface area (Å²) >= 11 is 0. The van der Waals surface area contributed by atoms with Gasteiger partial charge in [0.1, 0.15) is 17.7 Å². The SMILES string of the molecule is CNC(=O)C(NC(=O)c1nc(-c2ccc(C)cc2F)n2c1CN(CC1CC1)CCC2)C(C)(C)C. The topological polar surface area (TPSA) is 79.3 Å². The molecule has 1 aromatic heterocycles. The van der Waals surface area contributed by atoms with Crippen LogP contribution in [0.5, 0.6) is 0 Å². The van der Waals surface area contributed by atoms with Gasteiger partial charge in [0.2, 0.25) is 5.91 Å². The minimum Gasteiger partial charge on any atom is -0.357 e. The first-order valence-electron chi connectivity index (χ1n) is 12.2. The molecule has 0 spiro atoms. The zero-order valence-electron chi connectivity index (χ0n) is 20.9. The number of halogens is 1. The maximum absolute atomic E-state index is 15.0. The molecule has 2 aromatic rings. The van der Waals surface area contributed by atoms with E-state index in [9.17, 15) is 14.0 Å². The predicted octanol–water partition coefficient (Wildman–Crippen LogP) is 3.50.